The lowest BCUT2D eigenvalue weighted by atomic mass is 9.75. The first-order valence-corrected chi connectivity index (χ1v) is 13.2. The van der Waals surface area contributed by atoms with Crippen molar-refractivity contribution in [3.8, 4) is 0 Å². The number of carboxylic acids is 1. The van der Waals surface area contributed by atoms with E-state index in [0.29, 0.717) is 20.6 Å². The Kier molecular flexibility index (Phi) is 8.80. The summed E-state index contributed by atoms with van der Waals surface area (Å²) in [6.07, 6.45) is 3.73. The average molecular weight is 558 g/mol. The van der Waals surface area contributed by atoms with E-state index in [9.17, 15) is 9.59 Å². The highest BCUT2D eigenvalue weighted by molar-refractivity contribution is 6.42. The lowest BCUT2D eigenvalue weighted by Gasteiger charge is -2.29. The summed E-state index contributed by atoms with van der Waals surface area (Å²) < 4.78 is 0. The molecule has 0 bridgehead atoms. The Morgan fingerprint density at radius 3 is 2.35 bits per heavy atom. The smallest absolute Gasteiger partial charge is 0.305 e. The minimum Gasteiger partial charge on any atom is -0.481 e. The second kappa shape index (κ2) is 12.0. The number of fused-ring (bicyclic) bond motifs is 1. The maximum atomic E-state index is 12.5. The Hall–Kier alpha value is -2.99. The van der Waals surface area contributed by atoms with Crippen LogP contribution < -0.4 is 5.32 Å². The molecule has 37 heavy (non-hydrogen) atoms. The molecule has 0 saturated heterocycles. The van der Waals surface area contributed by atoms with E-state index in [1.165, 1.54) is 0 Å². The molecule has 0 aliphatic heterocycles. The quantitative estimate of drug-likeness (QED) is 0.184. The van der Waals surface area contributed by atoms with Gasteiger partial charge in [0.25, 0.3) is 5.91 Å². The third-order valence-corrected chi connectivity index (χ3v) is 7.62. The molecular weight excluding hydrogens is 531 g/mol. The van der Waals surface area contributed by atoms with Crippen LogP contribution in [0.5, 0.6) is 0 Å². The summed E-state index contributed by atoms with van der Waals surface area (Å²) in [6, 6.07) is 19.1. The number of carboxylic acid groups (broad SMARTS) is 1. The zero-order valence-electron chi connectivity index (χ0n) is 20.2. The molecule has 0 saturated carbocycles. The lowest BCUT2D eigenvalue weighted by Crippen LogP contribution is -2.26. The zero-order chi connectivity index (χ0) is 26.5. The first-order chi connectivity index (χ1) is 17.8. The van der Waals surface area contributed by atoms with Crippen LogP contribution in [-0.2, 0) is 4.79 Å². The number of benzene rings is 3. The van der Waals surface area contributed by atoms with Crippen molar-refractivity contribution in [2.24, 2.45) is 0 Å². The predicted molar refractivity (Wildman–Crippen MR) is 150 cm³/mol. The molecule has 2 unspecified atom stereocenters. The summed E-state index contributed by atoms with van der Waals surface area (Å²) >= 11 is 19.2. The van der Waals surface area contributed by atoms with Crippen molar-refractivity contribution in [3.63, 3.8) is 0 Å². The Bertz CT molecular complexity index is 1420. The number of hydrogen-bond acceptors (Lipinski definition) is 2. The first-order valence-electron chi connectivity index (χ1n) is 12.1. The summed E-state index contributed by atoms with van der Waals surface area (Å²) in [5.74, 6) is -1.24. The SMILES string of the molecule is CCCC(c1ccc(C(=O)NCCC(=O)O)cc1)C(c1ccc(Cl)c(Cl)c1)c1c[nH]c2c(Cl)cccc12. The van der Waals surface area contributed by atoms with E-state index in [2.05, 4.69) is 23.3 Å². The van der Waals surface area contributed by atoms with Crippen LogP contribution in [0.4, 0.5) is 0 Å². The van der Waals surface area contributed by atoms with Crippen molar-refractivity contribution in [1.29, 1.82) is 0 Å². The summed E-state index contributed by atoms with van der Waals surface area (Å²) in [6.45, 7) is 2.23. The number of H-pyrrole nitrogens is 1. The predicted octanol–water partition coefficient (Wildman–Crippen LogP) is 8.05. The minimum atomic E-state index is -0.954. The van der Waals surface area contributed by atoms with Crippen LogP contribution in [0.3, 0.4) is 0 Å². The second-order valence-electron chi connectivity index (χ2n) is 8.97. The Morgan fingerprint density at radius 1 is 0.946 bits per heavy atom. The van der Waals surface area contributed by atoms with Gasteiger partial charge in [0.15, 0.2) is 0 Å². The van der Waals surface area contributed by atoms with E-state index in [-0.39, 0.29) is 30.7 Å². The van der Waals surface area contributed by atoms with Crippen LogP contribution in [0.2, 0.25) is 15.1 Å². The highest BCUT2D eigenvalue weighted by Crippen LogP contribution is 2.45. The van der Waals surface area contributed by atoms with Gasteiger partial charge >= 0.3 is 5.97 Å². The number of nitrogens with one attached hydrogen (secondary N) is 2. The molecule has 4 rings (SSSR count). The van der Waals surface area contributed by atoms with Gasteiger partial charge in [-0.15, -0.1) is 0 Å². The molecule has 2 atom stereocenters. The van der Waals surface area contributed by atoms with E-state index in [4.69, 9.17) is 39.9 Å². The fourth-order valence-electron chi connectivity index (χ4n) is 4.83. The molecule has 0 fully saturated rings. The van der Waals surface area contributed by atoms with Crippen LogP contribution in [0, 0.1) is 0 Å². The van der Waals surface area contributed by atoms with Crippen LogP contribution in [-0.4, -0.2) is 28.5 Å². The van der Waals surface area contributed by atoms with Crippen molar-refractivity contribution in [2.45, 2.75) is 38.0 Å². The van der Waals surface area contributed by atoms with Crippen LogP contribution in [0.25, 0.3) is 10.9 Å². The van der Waals surface area contributed by atoms with Crippen LogP contribution in [0.1, 0.15) is 65.1 Å². The van der Waals surface area contributed by atoms with Gasteiger partial charge in [0.2, 0.25) is 0 Å². The maximum Gasteiger partial charge on any atom is 0.305 e. The van der Waals surface area contributed by atoms with Crippen LogP contribution in [0.15, 0.2) is 66.9 Å². The maximum absolute atomic E-state index is 12.5. The number of hydrogen-bond donors (Lipinski definition) is 3. The molecule has 0 radical (unpaired) electrons. The van der Waals surface area contributed by atoms with E-state index < -0.39 is 5.97 Å². The molecule has 0 aliphatic rings. The fourth-order valence-corrected chi connectivity index (χ4v) is 5.37. The van der Waals surface area contributed by atoms with Gasteiger partial charge in [-0.25, -0.2) is 0 Å². The van der Waals surface area contributed by atoms with E-state index in [1.54, 1.807) is 12.1 Å². The summed E-state index contributed by atoms with van der Waals surface area (Å²) in [7, 11) is 0. The minimum absolute atomic E-state index is 0.0582. The monoisotopic (exact) mass is 556 g/mol. The molecule has 0 aliphatic carbocycles. The van der Waals surface area contributed by atoms with Crippen molar-refractivity contribution >= 4 is 57.6 Å². The third-order valence-electron chi connectivity index (χ3n) is 6.56. The van der Waals surface area contributed by atoms with Gasteiger partial charge in [0.05, 0.1) is 27.0 Å². The van der Waals surface area contributed by atoms with Gasteiger partial charge in [0, 0.05) is 29.6 Å². The fraction of sp³-hybridized carbons (Fsp3) is 0.241. The number of halogens is 3. The van der Waals surface area contributed by atoms with Gasteiger partial charge in [-0.05, 0) is 59.4 Å². The Labute approximate surface area is 230 Å². The zero-order valence-corrected chi connectivity index (χ0v) is 22.5. The number of rotatable bonds is 10. The van der Waals surface area contributed by atoms with Crippen LogP contribution >= 0.6 is 34.8 Å². The number of aromatic nitrogens is 1. The number of carbonyl (C=O) groups excluding carboxylic acids is 1. The number of aliphatic carboxylic acids is 1. The first kappa shape index (κ1) is 27.1. The largest absolute Gasteiger partial charge is 0.481 e. The molecular formula is C29H27Cl3N2O3. The molecule has 4 aromatic rings. The lowest BCUT2D eigenvalue weighted by molar-refractivity contribution is -0.136. The molecule has 1 amide bonds. The van der Waals surface area contributed by atoms with Crippen molar-refractivity contribution in [3.05, 3.63) is 104 Å². The van der Waals surface area contributed by atoms with Crippen molar-refractivity contribution in [2.75, 3.05) is 6.54 Å². The highest BCUT2D eigenvalue weighted by atomic mass is 35.5. The number of aromatic amines is 1. The molecule has 3 aromatic carbocycles. The van der Waals surface area contributed by atoms with E-state index in [1.807, 2.05) is 48.7 Å². The molecule has 1 heterocycles. The van der Waals surface area contributed by atoms with Gasteiger partial charge in [-0.2, -0.15) is 0 Å². The molecule has 192 valence electrons. The summed E-state index contributed by atoms with van der Waals surface area (Å²) in [5, 5.41) is 14.1. The average Bonchev–Trinajstić information content (AvgIpc) is 3.31. The Morgan fingerprint density at radius 2 is 1.68 bits per heavy atom. The van der Waals surface area contributed by atoms with E-state index >= 15 is 0 Å². The van der Waals surface area contributed by atoms with Gasteiger partial charge < -0.3 is 15.4 Å². The van der Waals surface area contributed by atoms with Crippen molar-refractivity contribution < 1.29 is 14.7 Å². The molecule has 1 aromatic heterocycles. The van der Waals surface area contributed by atoms with Gasteiger partial charge in [0.1, 0.15) is 0 Å². The second-order valence-corrected chi connectivity index (χ2v) is 10.2. The normalized spacial score (nSPS) is 12.9. The number of carbonyl (C=O) groups is 2. The Balaban J connectivity index is 1.76. The third kappa shape index (κ3) is 6.12. The van der Waals surface area contributed by atoms with E-state index in [0.717, 1.165) is 40.4 Å². The number of para-hydroxylation sites is 1. The van der Waals surface area contributed by atoms with Crippen molar-refractivity contribution in [1.82, 2.24) is 10.3 Å². The molecule has 8 heteroatoms. The number of amides is 1. The van der Waals surface area contributed by atoms with Gasteiger partial charge in [-0.1, -0.05) is 78.5 Å². The van der Waals surface area contributed by atoms with Gasteiger partial charge in [-0.3, -0.25) is 9.59 Å². The topological polar surface area (TPSA) is 82.2 Å². The molecule has 3 N–H and O–H groups in total. The standard InChI is InChI=1S/C29H27Cl3N2O3/c1-2-4-20(17-7-9-18(10-8-17)29(37)33-14-13-26(35)36)27(19-11-12-23(30)25(32)15-19)22-16-34-28-21(22)5-3-6-24(28)31/h3,5-12,15-16,20,27,34H,2,4,13-14H2,1H3,(H,33,37)(H,35,36). The summed E-state index contributed by atoms with van der Waals surface area (Å²) in [5.41, 5.74) is 4.58. The molecule has 5 nitrogen and oxygen atoms in total. The molecule has 0 spiro atoms. The summed E-state index contributed by atoms with van der Waals surface area (Å²) in [4.78, 5) is 26.6. The highest BCUT2D eigenvalue weighted by Gasteiger charge is 2.29.